The Morgan fingerprint density at radius 2 is 1.94 bits per heavy atom. The van der Waals surface area contributed by atoms with E-state index < -0.39 is 5.82 Å². The van der Waals surface area contributed by atoms with Gasteiger partial charge in [0, 0.05) is 12.1 Å². The first-order chi connectivity index (χ1) is 15.3. The number of para-hydroxylation sites is 1. The molecule has 7 heteroatoms. The number of carbonyl (C=O) groups excluding carboxylic acids is 1. The van der Waals surface area contributed by atoms with Gasteiger partial charge in [0.05, 0.1) is 18.2 Å². The second kappa shape index (κ2) is 9.20. The molecule has 0 radical (unpaired) electrons. The molecule has 1 atom stereocenters. The van der Waals surface area contributed by atoms with Gasteiger partial charge in [-0.1, -0.05) is 62.3 Å². The van der Waals surface area contributed by atoms with E-state index in [1.165, 1.54) is 11.6 Å². The first-order valence-electron chi connectivity index (χ1n) is 11.0. The second-order valence-electron chi connectivity index (χ2n) is 9.38. The number of amides is 1. The summed E-state index contributed by atoms with van der Waals surface area (Å²) < 4.78 is 19.3. The molecule has 1 aliphatic heterocycles. The van der Waals surface area contributed by atoms with Crippen LogP contribution in [0.1, 0.15) is 45.1 Å². The predicted octanol–water partition coefficient (Wildman–Crippen LogP) is 5.02. The van der Waals surface area contributed by atoms with Crippen LogP contribution in [0.2, 0.25) is 0 Å². The highest BCUT2D eigenvalue weighted by Gasteiger charge is 2.27. The van der Waals surface area contributed by atoms with Gasteiger partial charge in [0.1, 0.15) is 5.82 Å². The lowest BCUT2D eigenvalue weighted by Crippen LogP contribution is -2.40. The normalized spacial score (nSPS) is 17.3. The highest BCUT2D eigenvalue weighted by atomic mass is 19.1. The van der Waals surface area contributed by atoms with Crippen LogP contribution in [0.15, 0.2) is 53.1 Å². The third-order valence-corrected chi connectivity index (χ3v) is 5.84. The minimum atomic E-state index is -0.428. The number of likely N-dealkylation sites (tertiary alicyclic amines) is 1. The number of hydrogen-bond donors (Lipinski definition) is 1. The van der Waals surface area contributed by atoms with Gasteiger partial charge in [0.2, 0.25) is 17.6 Å². The fraction of sp³-hybridized carbons (Fsp3) is 0.400. The van der Waals surface area contributed by atoms with E-state index in [9.17, 15) is 9.18 Å². The van der Waals surface area contributed by atoms with E-state index in [0.29, 0.717) is 24.8 Å². The van der Waals surface area contributed by atoms with Gasteiger partial charge in [-0.3, -0.25) is 9.69 Å². The van der Waals surface area contributed by atoms with Crippen LogP contribution < -0.4 is 5.32 Å². The Balaban J connectivity index is 1.37. The molecule has 0 bridgehead atoms. The van der Waals surface area contributed by atoms with Crippen LogP contribution in [0.5, 0.6) is 0 Å². The molecule has 1 aliphatic rings. The highest BCUT2D eigenvalue weighted by molar-refractivity contribution is 5.92. The SMILES string of the molecule is CC(C)(C)c1ccc(-c2noc(CN3CCCC(C(=O)Nc4ccccc4F)C3)n2)cc1. The van der Waals surface area contributed by atoms with Crippen molar-refractivity contribution in [3.63, 3.8) is 0 Å². The van der Waals surface area contributed by atoms with Gasteiger partial charge in [-0.05, 0) is 42.5 Å². The van der Waals surface area contributed by atoms with Crippen molar-refractivity contribution in [3.05, 3.63) is 65.8 Å². The summed E-state index contributed by atoms with van der Waals surface area (Å²) in [6.45, 7) is 8.43. The molecule has 0 saturated carbocycles. The Morgan fingerprint density at radius 3 is 2.66 bits per heavy atom. The predicted molar refractivity (Wildman–Crippen MR) is 121 cm³/mol. The average Bonchev–Trinajstić information content (AvgIpc) is 3.23. The lowest BCUT2D eigenvalue weighted by Gasteiger charge is -2.30. The van der Waals surface area contributed by atoms with Crippen molar-refractivity contribution in [1.29, 1.82) is 0 Å². The van der Waals surface area contributed by atoms with Gasteiger partial charge in [0.15, 0.2) is 0 Å². The molecule has 4 rings (SSSR count). The number of carbonyl (C=O) groups is 1. The molecule has 6 nitrogen and oxygen atoms in total. The number of anilines is 1. The molecule has 1 N–H and O–H groups in total. The van der Waals surface area contributed by atoms with Crippen molar-refractivity contribution < 1.29 is 13.7 Å². The fourth-order valence-corrected chi connectivity index (χ4v) is 3.96. The van der Waals surface area contributed by atoms with Crippen LogP contribution in [0.3, 0.4) is 0 Å². The van der Waals surface area contributed by atoms with Gasteiger partial charge in [-0.25, -0.2) is 4.39 Å². The lowest BCUT2D eigenvalue weighted by atomic mass is 9.87. The quantitative estimate of drug-likeness (QED) is 0.608. The van der Waals surface area contributed by atoms with E-state index in [1.54, 1.807) is 18.2 Å². The smallest absolute Gasteiger partial charge is 0.241 e. The summed E-state index contributed by atoms with van der Waals surface area (Å²) in [7, 11) is 0. The average molecular weight is 437 g/mol. The minimum absolute atomic E-state index is 0.0876. The summed E-state index contributed by atoms with van der Waals surface area (Å²) in [5.74, 6) is 0.282. The molecule has 1 aromatic heterocycles. The number of benzene rings is 2. The third-order valence-electron chi connectivity index (χ3n) is 5.84. The Kier molecular flexibility index (Phi) is 6.37. The van der Waals surface area contributed by atoms with E-state index in [-0.39, 0.29) is 22.9 Å². The first-order valence-corrected chi connectivity index (χ1v) is 11.0. The molecule has 0 aliphatic carbocycles. The first kappa shape index (κ1) is 22.1. The molecular formula is C25H29FN4O2. The minimum Gasteiger partial charge on any atom is -0.338 e. The third kappa shape index (κ3) is 5.22. The number of nitrogens with one attached hydrogen (secondary N) is 1. The molecular weight excluding hydrogens is 407 g/mol. The standard InChI is InChI=1S/C25H29FN4O2/c1-25(2,3)19-12-10-17(11-13-19)23-28-22(32-29-23)16-30-14-6-7-18(15-30)24(31)27-21-9-5-4-8-20(21)26/h4-5,8-13,18H,6-7,14-16H2,1-3H3,(H,27,31). The molecule has 1 unspecified atom stereocenters. The molecule has 1 amide bonds. The van der Waals surface area contributed by atoms with Gasteiger partial charge in [-0.2, -0.15) is 4.98 Å². The monoisotopic (exact) mass is 436 g/mol. The summed E-state index contributed by atoms with van der Waals surface area (Å²) in [4.78, 5) is 19.3. The van der Waals surface area contributed by atoms with Gasteiger partial charge in [0.25, 0.3) is 0 Å². The summed E-state index contributed by atoms with van der Waals surface area (Å²) >= 11 is 0. The topological polar surface area (TPSA) is 71.3 Å². The van der Waals surface area contributed by atoms with Crippen LogP contribution in [0, 0.1) is 11.7 Å². The maximum absolute atomic E-state index is 13.9. The molecule has 2 aromatic carbocycles. The number of nitrogens with zero attached hydrogens (tertiary/aromatic N) is 3. The number of hydrogen-bond acceptors (Lipinski definition) is 5. The van der Waals surface area contributed by atoms with Crippen molar-refractivity contribution in [2.45, 2.75) is 45.6 Å². The molecule has 3 aromatic rings. The van der Waals surface area contributed by atoms with Crippen LogP contribution in [-0.4, -0.2) is 34.0 Å². The van der Waals surface area contributed by atoms with E-state index in [4.69, 9.17) is 4.52 Å². The van der Waals surface area contributed by atoms with E-state index in [1.807, 2.05) is 12.1 Å². The lowest BCUT2D eigenvalue weighted by molar-refractivity contribution is -0.121. The molecule has 2 heterocycles. The van der Waals surface area contributed by atoms with Crippen molar-refractivity contribution in [2.75, 3.05) is 18.4 Å². The number of halogens is 1. The number of rotatable bonds is 5. The van der Waals surface area contributed by atoms with Gasteiger partial charge >= 0.3 is 0 Å². The molecule has 1 saturated heterocycles. The number of piperidine rings is 1. The summed E-state index contributed by atoms with van der Waals surface area (Å²) in [5.41, 5.74) is 2.46. The van der Waals surface area contributed by atoms with Crippen molar-refractivity contribution >= 4 is 11.6 Å². The second-order valence-corrected chi connectivity index (χ2v) is 9.38. The van der Waals surface area contributed by atoms with Crippen LogP contribution in [-0.2, 0) is 16.8 Å². The Hall–Kier alpha value is -3.06. The van der Waals surface area contributed by atoms with Gasteiger partial charge in [-0.15, -0.1) is 0 Å². The molecule has 32 heavy (non-hydrogen) atoms. The zero-order chi connectivity index (χ0) is 22.7. The van der Waals surface area contributed by atoms with Gasteiger partial charge < -0.3 is 9.84 Å². The molecule has 1 fully saturated rings. The zero-order valence-corrected chi connectivity index (χ0v) is 18.8. The van der Waals surface area contributed by atoms with Crippen molar-refractivity contribution in [1.82, 2.24) is 15.0 Å². The highest BCUT2D eigenvalue weighted by Crippen LogP contribution is 2.26. The Bertz CT molecular complexity index is 1070. The summed E-state index contributed by atoms with van der Waals surface area (Å²) in [6, 6.07) is 14.4. The largest absolute Gasteiger partial charge is 0.338 e. The number of aromatic nitrogens is 2. The maximum Gasteiger partial charge on any atom is 0.241 e. The summed E-state index contributed by atoms with van der Waals surface area (Å²) in [6.07, 6.45) is 1.65. The zero-order valence-electron chi connectivity index (χ0n) is 18.8. The van der Waals surface area contributed by atoms with Crippen LogP contribution >= 0.6 is 0 Å². The fourth-order valence-electron chi connectivity index (χ4n) is 3.96. The molecule has 168 valence electrons. The molecule has 0 spiro atoms. The summed E-state index contributed by atoms with van der Waals surface area (Å²) in [5, 5.41) is 6.84. The van der Waals surface area contributed by atoms with E-state index >= 15 is 0 Å². The Labute approximate surface area is 187 Å². The van der Waals surface area contributed by atoms with Crippen molar-refractivity contribution in [2.24, 2.45) is 5.92 Å². The van der Waals surface area contributed by atoms with Crippen molar-refractivity contribution in [3.8, 4) is 11.4 Å². The maximum atomic E-state index is 13.9. The van der Waals surface area contributed by atoms with E-state index in [2.05, 4.69) is 53.3 Å². The Morgan fingerprint density at radius 1 is 1.19 bits per heavy atom. The van der Waals surface area contributed by atoms with E-state index in [0.717, 1.165) is 24.9 Å². The van der Waals surface area contributed by atoms with Crippen LogP contribution in [0.25, 0.3) is 11.4 Å². The van der Waals surface area contributed by atoms with Crippen LogP contribution in [0.4, 0.5) is 10.1 Å².